The first kappa shape index (κ1) is 15.8. The van der Waals surface area contributed by atoms with Crippen LogP contribution in [0.2, 0.25) is 0 Å². The number of hydrogen-bond donors (Lipinski definition) is 0. The second-order valence-electron chi connectivity index (χ2n) is 5.86. The van der Waals surface area contributed by atoms with Gasteiger partial charge in [-0.05, 0) is 49.7 Å². The number of rotatable bonds is 3. The second-order valence-corrected chi connectivity index (χ2v) is 7.23. The van der Waals surface area contributed by atoms with Crippen LogP contribution in [0.1, 0.15) is 26.3 Å². The van der Waals surface area contributed by atoms with Crippen LogP contribution >= 0.6 is 15.9 Å². The van der Waals surface area contributed by atoms with Crippen molar-refractivity contribution in [1.29, 1.82) is 0 Å². The summed E-state index contributed by atoms with van der Waals surface area (Å²) in [6.07, 6.45) is 0.123. The van der Waals surface area contributed by atoms with Crippen molar-refractivity contribution in [2.45, 2.75) is 43.6 Å². The quantitative estimate of drug-likeness (QED) is 0.744. The van der Waals surface area contributed by atoms with Gasteiger partial charge in [-0.15, -0.1) is 0 Å². The van der Waals surface area contributed by atoms with Crippen molar-refractivity contribution < 1.29 is 14.2 Å². The molecule has 0 aromatic heterocycles. The Bertz CT molecular complexity index is 673. The Morgan fingerprint density at radius 1 is 1.05 bits per heavy atom. The average molecular weight is 365 g/mol. The van der Waals surface area contributed by atoms with Crippen LogP contribution in [0, 0.1) is 0 Å². The highest BCUT2D eigenvalue weighted by Crippen LogP contribution is 2.43. The number of alkyl halides is 1. The maximum atomic E-state index is 6.21. The van der Waals surface area contributed by atoms with Gasteiger partial charge in [-0.3, -0.25) is 0 Å². The van der Waals surface area contributed by atoms with Crippen LogP contribution < -0.4 is 4.74 Å². The molecule has 0 N–H and O–H groups in total. The van der Waals surface area contributed by atoms with Gasteiger partial charge in [-0.1, -0.05) is 34.1 Å². The molecule has 4 heteroatoms. The van der Waals surface area contributed by atoms with E-state index in [-0.39, 0.29) is 17.0 Å². The minimum atomic E-state index is -0.743. The lowest BCUT2D eigenvalue weighted by Gasteiger charge is -2.31. The van der Waals surface area contributed by atoms with Gasteiger partial charge in [-0.25, -0.2) is 0 Å². The van der Waals surface area contributed by atoms with Gasteiger partial charge in [0.2, 0.25) is 5.79 Å². The minimum absolute atomic E-state index is 0.0445. The van der Waals surface area contributed by atoms with E-state index in [9.17, 15) is 0 Å². The largest absolute Gasteiger partial charge is 0.497 e. The van der Waals surface area contributed by atoms with Gasteiger partial charge in [0.05, 0.1) is 24.1 Å². The van der Waals surface area contributed by atoms with Gasteiger partial charge < -0.3 is 14.2 Å². The molecule has 3 rings (SSSR count). The monoisotopic (exact) mass is 364 g/mol. The van der Waals surface area contributed by atoms with E-state index in [1.807, 2.05) is 26.0 Å². The highest BCUT2D eigenvalue weighted by atomic mass is 79.9. The van der Waals surface area contributed by atoms with Gasteiger partial charge >= 0.3 is 0 Å². The Kier molecular flexibility index (Phi) is 4.19. The average Bonchev–Trinajstić information content (AvgIpc) is 2.83. The smallest absolute Gasteiger partial charge is 0.208 e. The zero-order valence-corrected chi connectivity index (χ0v) is 14.9. The molecule has 1 fully saturated rings. The third-order valence-electron chi connectivity index (χ3n) is 4.36. The Morgan fingerprint density at radius 2 is 1.64 bits per heavy atom. The van der Waals surface area contributed by atoms with Crippen molar-refractivity contribution in [2.24, 2.45) is 0 Å². The Hall–Kier alpha value is -1.10. The fourth-order valence-corrected chi connectivity index (χ4v) is 3.37. The molecule has 0 amide bonds. The second kappa shape index (κ2) is 5.84. The molecule has 3 atom stereocenters. The van der Waals surface area contributed by atoms with E-state index in [4.69, 9.17) is 14.2 Å². The molecule has 0 saturated carbocycles. The van der Waals surface area contributed by atoms with Crippen LogP contribution in [0.15, 0.2) is 36.4 Å². The number of ether oxygens (including phenoxy) is 3. The fourth-order valence-electron chi connectivity index (χ4n) is 2.89. The van der Waals surface area contributed by atoms with E-state index in [1.54, 1.807) is 7.11 Å². The summed E-state index contributed by atoms with van der Waals surface area (Å²) < 4.78 is 17.7. The van der Waals surface area contributed by atoms with Crippen molar-refractivity contribution in [2.75, 3.05) is 7.11 Å². The molecule has 22 heavy (non-hydrogen) atoms. The first-order valence-corrected chi connectivity index (χ1v) is 8.46. The third-order valence-corrected chi connectivity index (χ3v) is 4.96. The highest BCUT2D eigenvalue weighted by Gasteiger charge is 2.48. The summed E-state index contributed by atoms with van der Waals surface area (Å²) in [7, 11) is 1.68. The van der Waals surface area contributed by atoms with Crippen molar-refractivity contribution in [3.8, 4) is 5.75 Å². The van der Waals surface area contributed by atoms with Crippen LogP contribution in [0.5, 0.6) is 5.75 Å². The predicted octanol–water partition coefficient (Wildman–Crippen LogP) is 4.61. The molecule has 118 valence electrons. The fraction of sp³-hybridized carbons (Fsp3) is 0.444. The molecule has 2 aromatic carbocycles. The minimum Gasteiger partial charge on any atom is -0.497 e. The Morgan fingerprint density at radius 3 is 2.23 bits per heavy atom. The van der Waals surface area contributed by atoms with Crippen LogP contribution in [0.3, 0.4) is 0 Å². The topological polar surface area (TPSA) is 27.7 Å². The first-order valence-electron chi connectivity index (χ1n) is 7.54. The first-order chi connectivity index (χ1) is 10.5. The van der Waals surface area contributed by atoms with Crippen molar-refractivity contribution in [1.82, 2.24) is 0 Å². The van der Waals surface area contributed by atoms with Gasteiger partial charge in [0.25, 0.3) is 0 Å². The molecule has 2 aromatic rings. The van der Waals surface area contributed by atoms with Crippen LogP contribution in [0.4, 0.5) is 0 Å². The molecule has 1 aliphatic heterocycles. The summed E-state index contributed by atoms with van der Waals surface area (Å²) >= 11 is 3.67. The zero-order valence-electron chi connectivity index (χ0n) is 13.3. The third kappa shape index (κ3) is 2.53. The lowest BCUT2D eigenvalue weighted by atomic mass is 9.99. The molecule has 0 bridgehead atoms. The summed E-state index contributed by atoms with van der Waals surface area (Å²) in [6, 6.07) is 12.4. The maximum Gasteiger partial charge on any atom is 0.208 e. The van der Waals surface area contributed by atoms with E-state index in [0.29, 0.717) is 0 Å². The summed E-state index contributed by atoms with van der Waals surface area (Å²) in [5, 5.41) is 2.28. The molecular weight excluding hydrogens is 344 g/mol. The highest BCUT2D eigenvalue weighted by molar-refractivity contribution is 9.09. The molecule has 3 nitrogen and oxygen atoms in total. The number of halogens is 1. The molecule has 1 saturated heterocycles. The standard InChI is InChI=1S/C18H21BrO3/c1-11-12(2)22-18(21-11,13(3)19)16-7-5-15-10-17(20-4)8-6-14(15)9-16/h5-13H,1-4H3/t11?,12?,13-,18?/m0/s1. The maximum absolute atomic E-state index is 6.21. The number of methoxy groups -OCH3 is 1. The molecule has 1 aliphatic rings. The van der Waals surface area contributed by atoms with E-state index in [2.05, 4.69) is 47.1 Å². The van der Waals surface area contributed by atoms with Crippen LogP contribution in [0.25, 0.3) is 10.8 Å². The summed E-state index contributed by atoms with van der Waals surface area (Å²) in [6.45, 7) is 6.16. The summed E-state index contributed by atoms with van der Waals surface area (Å²) in [5.41, 5.74) is 1.03. The van der Waals surface area contributed by atoms with Crippen molar-refractivity contribution >= 4 is 26.7 Å². The molecule has 0 spiro atoms. The van der Waals surface area contributed by atoms with Gasteiger partial charge in [0.1, 0.15) is 5.75 Å². The lowest BCUT2D eigenvalue weighted by Crippen LogP contribution is -2.36. The van der Waals surface area contributed by atoms with Crippen LogP contribution in [-0.2, 0) is 15.3 Å². The van der Waals surface area contributed by atoms with Gasteiger partial charge in [0.15, 0.2) is 0 Å². The van der Waals surface area contributed by atoms with Gasteiger partial charge in [-0.2, -0.15) is 0 Å². The number of hydrogen-bond acceptors (Lipinski definition) is 3. The van der Waals surface area contributed by atoms with E-state index >= 15 is 0 Å². The normalized spacial score (nSPS) is 29.7. The SMILES string of the molecule is COc1ccc2cc(C3([C@H](C)Br)OC(C)C(C)O3)ccc2c1. The van der Waals surface area contributed by atoms with Crippen molar-refractivity contribution in [3.05, 3.63) is 42.0 Å². The molecule has 0 aliphatic carbocycles. The molecule has 0 radical (unpaired) electrons. The lowest BCUT2D eigenvalue weighted by molar-refractivity contribution is -0.178. The van der Waals surface area contributed by atoms with E-state index in [0.717, 1.165) is 22.1 Å². The summed E-state index contributed by atoms with van der Waals surface area (Å²) in [4.78, 5) is 0.0445. The number of benzene rings is 2. The molecule has 1 heterocycles. The predicted molar refractivity (Wildman–Crippen MR) is 91.7 cm³/mol. The zero-order chi connectivity index (χ0) is 15.9. The Labute approximate surface area is 139 Å². The Balaban J connectivity index is 2.08. The van der Waals surface area contributed by atoms with Gasteiger partial charge in [0, 0.05) is 5.56 Å². The van der Waals surface area contributed by atoms with Crippen LogP contribution in [-0.4, -0.2) is 24.1 Å². The molecular formula is C18H21BrO3. The summed E-state index contributed by atoms with van der Waals surface area (Å²) in [5.74, 6) is 0.117. The van der Waals surface area contributed by atoms with E-state index < -0.39 is 5.79 Å². The number of fused-ring (bicyclic) bond motifs is 1. The molecule has 2 unspecified atom stereocenters. The van der Waals surface area contributed by atoms with Crippen molar-refractivity contribution in [3.63, 3.8) is 0 Å². The van der Waals surface area contributed by atoms with E-state index in [1.165, 1.54) is 0 Å².